The number of benzene rings is 1. The number of nitrogens with two attached hydrogens (primary N) is 1. The molecule has 6 nitrogen and oxygen atoms in total. The number of aromatic nitrogens is 1. The van der Waals surface area contributed by atoms with Gasteiger partial charge < -0.3 is 20.4 Å². The SMILES string of the molecule is CN(C)C(CN=C(N)N1CCN(c2nccs2)CC1)c1c(F)cccc1F.I. The monoisotopic (exact) mass is 522 g/mol. The van der Waals surface area contributed by atoms with Gasteiger partial charge in [0.2, 0.25) is 0 Å². The van der Waals surface area contributed by atoms with Gasteiger partial charge in [0, 0.05) is 43.3 Å². The summed E-state index contributed by atoms with van der Waals surface area (Å²) >= 11 is 1.62. The molecule has 0 saturated carbocycles. The third kappa shape index (κ3) is 5.29. The molecule has 1 saturated heterocycles. The summed E-state index contributed by atoms with van der Waals surface area (Å²) in [6.07, 6.45) is 1.80. The first kappa shape index (κ1) is 22.8. The summed E-state index contributed by atoms with van der Waals surface area (Å²) in [7, 11) is 3.55. The lowest BCUT2D eigenvalue weighted by molar-refractivity contribution is 0.288. The van der Waals surface area contributed by atoms with Crippen molar-refractivity contribution in [3.05, 3.63) is 47.0 Å². The van der Waals surface area contributed by atoms with Crippen LogP contribution in [0.5, 0.6) is 0 Å². The van der Waals surface area contributed by atoms with Gasteiger partial charge in [-0.15, -0.1) is 35.3 Å². The molecule has 2 aromatic rings. The van der Waals surface area contributed by atoms with E-state index in [1.165, 1.54) is 18.2 Å². The molecule has 1 fully saturated rings. The van der Waals surface area contributed by atoms with Gasteiger partial charge in [-0.2, -0.15) is 0 Å². The number of guanidine groups is 1. The topological polar surface area (TPSA) is 61.0 Å². The van der Waals surface area contributed by atoms with Crippen molar-refractivity contribution >= 4 is 46.4 Å². The van der Waals surface area contributed by atoms with Gasteiger partial charge >= 0.3 is 0 Å². The van der Waals surface area contributed by atoms with Gasteiger partial charge in [-0.05, 0) is 26.2 Å². The van der Waals surface area contributed by atoms with Crippen LogP contribution in [0, 0.1) is 11.6 Å². The van der Waals surface area contributed by atoms with E-state index in [1.54, 1.807) is 36.5 Å². The Balaban J connectivity index is 0.00000280. The highest BCUT2D eigenvalue weighted by atomic mass is 127. The van der Waals surface area contributed by atoms with Gasteiger partial charge in [-0.1, -0.05) is 6.07 Å². The number of halogens is 3. The number of hydrogen-bond acceptors (Lipinski definition) is 5. The highest BCUT2D eigenvalue weighted by Gasteiger charge is 2.23. The predicted octanol–water partition coefficient (Wildman–Crippen LogP) is 2.78. The first-order valence-corrected chi connectivity index (χ1v) is 9.65. The number of thiazole rings is 1. The number of hydrogen-bond donors (Lipinski definition) is 1. The molecule has 10 heteroatoms. The molecule has 154 valence electrons. The van der Waals surface area contributed by atoms with Crippen LogP contribution in [0.1, 0.15) is 11.6 Å². The lowest BCUT2D eigenvalue weighted by Crippen LogP contribution is -2.51. The molecular weight excluding hydrogens is 497 g/mol. The van der Waals surface area contributed by atoms with Crippen molar-refractivity contribution in [1.82, 2.24) is 14.8 Å². The predicted molar refractivity (Wildman–Crippen MR) is 121 cm³/mol. The zero-order valence-electron chi connectivity index (χ0n) is 15.9. The Kier molecular flexibility index (Phi) is 8.38. The van der Waals surface area contributed by atoms with Gasteiger partial charge in [0.15, 0.2) is 11.1 Å². The summed E-state index contributed by atoms with van der Waals surface area (Å²) in [4.78, 5) is 14.7. The second kappa shape index (κ2) is 10.3. The van der Waals surface area contributed by atoms with Crippen molar-refractivity contribution in [3.63, 3.8) is 0 Å². The third-order valence-electron chi connectivity index (χ3n) is 4.68. The summed E-state index contributed by atoms with van der Waals surface area (Å²) in [5.74, 6) is -0.739. The lowest BCUT2D eigenvalue weighted by Gasteiger charge is -2.35. The zero-order chi connectivity index (χ0) is 19.4. The van der Waals surface area contributed by atoms with Crippen LogP contribution in [0.25, 0.3) is 0 Å². The highest BCUT2D eigenvalue weighted by molar-refractivity contribution is 14.0. The van der Waals surface area contributed by atoms with E-state index < -0.39 is 17.7 Å². The Hall–Kier alpha value is -1.53. The summed E-state index contributed by atoms with van der Waals surface area (Å²) in [5, 5.41) is 2.97. The quantitative estimate of drug-likeness (QED) is 0.372. The first-order valence-electron chi connectivity index (χ1n) is 8.77. The zero-order valence-corrected chi connectivity index (χ0v) is 19.0. The maximum absolute atomic E-state index is 14.2. The third-order valence-corrected chi connectivity index (χ3v) is 5.51. The molecule has 0 radical (unpaired) electrons. The van der Waals surface area contributed by atoms with Crippen LogP contribution < -0.4 is 10.6 Å². The average molecular weight is 522 g/mol. The Morgan fingerprint density at radius 1 is 1.25 bits per heavy atom. The van der Waals surface area contributed by atoms with Crippen LogP contribution in [0.2, 0.25) is 0 Å². The Morgan fingerprint density at radius 3 is 2.43 bits per heavy atom. The molecule has 2 N–H and O–H groups in total. The number of rotatable bonds is 5. The van der Waals surface area contributed by atoms with Crippen LogP contribution in [0.4, 0.5) is 13.9 Å². The fourth-order valence-electron chi connectivity index (χ4n) is 3.12. The van der Waals surface area contributed by atoms with E-state index in [9.17, 15) is 8.78 Å². The number of nitrogens with zero attached hydrogens (tertiary/aromatic N) is 5. The molecule has 3 rings (SSSR count). The summed E-state index contributed by atoms with van der Waals surface area (Å²) < 4.78 is 28.3. The minimum atomic E-state index is -0.570. The van der Waals surface area contributed by atoms with Gasteiger partial charge in [0.1, 0.15) is 11.6 Å². The molecule has 1 aliphatic rings. The van der Waals surface area contributed by atoms with Gasteiger partial charge in [-0.3, -0.25) is 4.99 Å². The first-order chi connectivity index (χ1) is 13.0. The van der Waals surface area contributed by atoms with Crippen molar-refractivity contribution < 1.29 is 8.78 Å². The minimum Gasteiger partial charge on any atom is -0.370 e. The van der Waals surface area contributed by atoms with Gasteiger partial charge in [0.25, 0.3) is 0 Å². The van der Waals surface area contributed by atoms with E-state index in [0.29, 0.717) is 5.96 Å². The Bertz CT molecular complexity index is 758. The minimum absolute atomic E-state index is 0. The maximum Gasteiger partial charge on any atom is 0.191 e. The Morgan fingerprint density at radius 2 is 1.89 bits per heavy atom. The molecule has 2 heterocycles. The number of likely N-dealkylation sites (N-methyl/N-ethyl adjacent to an activating group) is 1. The molecule has 1 aromatic carbocycles. The molecule has 0 bridgehead atoms. The molecule has 28 heavy (non-hydrogen) atoms. The lowest BCUT2D eigenvalue weighted by atomic mass is 10.0. The number of piperazine rings is 1. The van der Waals surface area contributed by atoms with Crippen LogP contribution in [0.15, 0.2) is 34.8 Å². The molecule has 1 unspecified atom stereocenters. The molecule has 0 amide bonds. The summed E-state index contributed by atoms with van der Waals surface area (Å²) in [6.45, 7) is 3.26. The van der Waals surface area contributed by atoms with Crippen molar-refractivity contribution in [2.75, 3.05) is 51.7 Å². The largest absolute Gasteiger partial charge is 0.370 e. The molecular formula is C18H25F2IN6S. The van der Waals surface area contributed by atoms with Crippen LogP contribution in [-0.2, 0) is 0 Å². The van der Waals surface area contributed by atoms with E-state index in [-0.39, 0.29) is 36.1 Å². The second-order valence-corrected chi connectivity index (χ2v) is 7.48. The standard InChI is InChI=1S/C18H24F2N6S.HI/c1-24(2)15(16-13(19)4-3-5-14(16)20)12-23-17(21)25-7-9-26(10-8-25)18-22-6-11-27-18;/h3-6,11,15H,7-10,12H2,1-2H3,(H2,21,23);1H. The van der Waals surface area contributed by atoms with Crippen molar-refractivity contribution in [2.24, 2.45) is 10.7 Å². The van der Waals surface area contributed by atoms with E-state index in [0.717, 1.165) is 31.3 Å². The summed E-state index contributed by atoms with van der Waals surface area (Å²) in [6, 6.07) is 3.36. The average Bonchev–Trinajstić information content (AvgIpc) is 3.18. The van der Waals surface area contributed by atoms with Crippen LogP contribution >= 0.6 is 35.3 Å². The Labute approximate surface area is 185 Å². The fraction of sp³-hybridized carbons (Fsp3) is 0.444. The van der Waals surface area contributed by atoms with Crippen LogP contribution in [0.3, 0.4) is 0 Å². The smallest absolute Gasteiger partial charge is 0.191 e. The molecule has 1 atom stereocenters. The number of anilines is 1. The molecule has 0 aliphatic carbocycles. The fourth-order valence-corrected chi connectivity index (χ4v) is 3.82. The van der Waals surface area contributed by atoms with Crippen molar-refractivity contribution in [2.45, 2.75) is 6.04 Å². The van der Waals surface area contributed by atoms with E-state index in [4.69, 9.17) is 5.73 Å². The molecule has 1 aliphatic heterocycles. The van der Waals surface area contributed by atoms with Crippen molar-refractivity contribution in [1.29, 1.82) is 0 Å². The van der Waals surface area contributed by atoms with E-state index in [1.807, 2.05) is 10.3 Å². The molecule has 0 spiro atoms. The normalized spacial score (nSPS) is 16.2. The summed E-state index contributed by atoms with van der Waals surface area (Å²) in [5.41, 5.74) is 6.17. The maximum atomic E-state index is 14.2. The van der Waals surface area contributed by atoms with Crippen molar-refractivity contribution in [3.8, 4) is 0 Å². The highest BCUT2D eigenvalue weighted by Crippen LogP contribution is 2.25. The number of aliphatic imine (C=N–C) groups is 1. The second-order valence-electron chi connectivity index (χ2n) is 6.60. The van der Waals surface area contributed by atoms with Crippen LogP contribution in [-0.4, -0.2) is 67.6 Å². The van der Waals surface area contributed by atoms with E-state index >= 15 is 0 Å². The van der Waals surface area contributed by atoms with E-state index in [2.05, 4.69) is 14.9 Å². The van der Waals surface area contributed by atoms with Gasteiger partial charge in [-0.25, -0.2) is 13.8 Å². The molecule has 1 aromatic heterocycles. The van der Waals surface area contributed by atoms with Gasteiger partial charge in [0.05, 0.1) is 12.6 Å².